The van der Waals surface area contributed by atoms with Gasteiger partial charge < -0.3 is 15.4 Å². The third-order valence-corrected chi connectivity index (χ3v) is 2.89. The molecule has 1 fully saturated rings. The summed E-state index contributed by atoms with van der Waals surface area (Å²) in [6.45, 7) is 3.95. The van der Waals surface area contributed by atoms with Gasteiger partial charge in [-0.1, -0.05) is 6.07 Å². The zero-order valence-electron chi connectivity index (χ0n) is 10.3. The molecule has 1 aromatic carbocycles. The number of amides is 1. The molecule has 1 heterocycles. The van der Waals surface area contributed by atoms with Crippen LogP contribution >= 0.6 is 0 Å². The van der Waals surface area contributed by atoms with Gasteiger partial charge in [-0.05, 0) is 24.6 Å². The molecule has 5 heteroatoms. The summed E-state index contributed by atoms with van der Waals surface area (Å²) in [6, 6.07) is 4.34. The predicted molar refractivity (Wildman–Crippen MR) is 67.0 cm³/mol. The normalized spacial score (nSPS) is 19.6. The molecule has 1 unspecified atom stereocenters. The fourth-order valence-electron chi connectivity index (χ4n) is 1.89. The molecule has 1 atom stereocenters. The molecular formula is C13H17FN2O2. The summed E-state index contributed by atoms with van der Waals surface area (Å²) in [5.74, 6) is -0.510. The quantitative estimate of drug-likeness (QED) is 0.856. The van der Waals surface area contributed by atoms with Crippen LogP contribution in [0.25, 0.3) is 0 Å². The van der Waals surface area contributed by atoms with Crippen LogP contribution < -0.4 is 10.6 Å². The van der Waals surface area contributed by atoms with Crippen molar-refractivity contribution >= 4 is 11.6 Å². The summed E-state index contributed by atoms with van der Waals surface area (Å²) in [5.41, 5.74) is 1.36. The van der Waals surface area contributed by atoms with Gasteiger partial charge in [0.1, 0.15) is 5.82 Å². The molecule has 98 valence electrons. The van der Waals surface area contributed by atoms with Crippen molar-refractivity contribution < 1.29 is 13.9 Å². The lowest BCUT2D eigenvalue weighted by molar-refractivity contribution is -0.119. The van der Waals surface area contributed by atoms with Crippen LogP contribution in [-0.2, 0) is 9.53 Å². The van der Waals surface area contributed by atoms with E-state index in [0.29, 0.717) is 18.8 Å². The Hall–Kier alpha value is -1.46. The summed E-state index contributed by atoms with van der Waals surface area (Å²) < 4.78 is 18.5. The topological polar surface area (TPSA) is 50.4 Å². The minimum atomic E-state index is -0.355. The largest absolute Gasteiger partial charge is 0.375 e. The van der Waals surface area contributed by atoms with Crippen molar-refractivity contribution in [2.75, 3.05) is 25.0 Å². The lowest BCUT2D eigenvalue weighted by Gasteiger charge is -2.23. The van der Waals surface area contributed by atoms with Gasteiger partial charge in [0.25, 0.3) is 0 Å². The van der Waals surface area contributed by atoms with Gasteiger partial charge in [0.15, 0.2) is 0 Å². The van der Waals surface area contributed by atoms with Gasteiger partial charge in [0.2, 0.25) is 5.91 Å². The van der Waals surface area contributed by atoms with Gasteiger partial charge in [-0.15, -0.1) is 0 Å². The average molecular weight is 252 g/mol. The molecule has 1 aliphatic rings. The van der Waals surface area contributed by atoms with E-state index in [4.69, 9.17) is 4.74 Å². The van der Waals surface area contributed by atoms with E-state index < -0.39 is 0 Å². The van der Waals surface area contributed by atoms with Crippen LogP contribution in [0.2, 0.25) is 0 Å². The molecule has 0 bridgehead atoms. The van der Waals surface area contributed by atoms with E-state index in [2.05, 4.69) is 10.6 Å². The lowest BCUT2D eigenvalue weighted by Crippen LogP contribution is -2.40. The number of carbonyl (C=O) groups excluding carboxylic acids is 1. The SMILES string of the molecule is Cc1ccc(F)cc1NC(=O)CC1CNCCO1. The Labute approximate surface area is 106 Å². The maximum absolute atomic E-state index is 13.1. The highest BCUT2D eigenvalue weighted by molar-refractivity contribution is 5.91. The number of carbonyl (C=O) groups is 1. The maximum atomic E-state index is 13.1. The number of benzene rings is 1. The molecule has 2 N–H and O–H groups in total. The Morgan fingerprint density at radius 1 is 1.61 bits per heavy atom. The number of rotatable bonds is 3. The first-order valence-electron chi connectivity index (χ1n) is 6.03. The summed E-state index contributed by atoms with van der Waals surface area (Å²) in [5, 5.41) is 5.87. The van der Waals surface area contributed by atoms with Gasteiger partial charge in [-0.2, -0.15) is 0 Å². The first-order chi connectivity index (χ1) is 8.65. The van der Waals surface area contributed by atoms with Crippen LogP contribution in [0, 0.1) is 12.7 Å². The highest BCUT2D eigenvalue weighted by Gasteiger charge is 2.17. The smallest absolute Gasteiger partial charge is 0.227 e. The number of nitrogens with one attached hydrogen (secondary N) is 2. The molecule has 4 nitrogen and oxygen atoms in total. The second kappa shape index (κ2) is 5.93. The Balaban J connectivity index is 1.92. The standard InChI is InChI=1S/C13H17FN2O2/c1-9-2-3-10(14)6-12(9)16-13(17)7-11-8-15-4-5-18-11/h2-3,6,11,15H,4-5,7-8H2,1H3,(H,16,17). The summed E-state index contributed by atoms with van der Waals surface area (Å²) in [6.07, 6.45) is 0.177. The van der Waals surface area contributed by atoms with E-state index in [1.165, 1.54) is 12.1 Å². The van der Waals surface area contributed by atoms with E-state index in [1.54, 1.807) is 6.07 Å². The summed E-state index contributed by atoms with van der Waals surface area (Å²) in [7, 11) is 0. The molecule has 0 aliphatic carbocycles. The zero-order chi connectivity index (χ0) is 13.0. The summed E-state index contributed by atoms with van der Waals surface area (Å²) >= 11 is 0. The van der Waals surface area contributed by atoms with Crippen molar-refractivity contribution in [2.45, 2.75) is 19.4 Å². The second-order valence-corrected chi connectivity index (χ2v) is 4.41. The zero-order valence-corrected chi connectivity index (χ0v) is 10.3. The number of hydrogen-bond acceptors (Lipinski definition) is 3. The van der Waals surface area contributed by atoms with Crippen LogP contribution in [0.15, 0.2) is 18.2 Å². The van der Waals surface area contributed by atoms with E-state index in [0.717, 1.165) is 12.1 Å². The van der Waals surface area contributed by atoms with Crippen LogP contribution in [0.5, 0.6) is 0 Å². The van der Waals surface area contributed by atoms with Crippen molar-refractivity contribution in [1.82, 2.24) is 5.32 Å². The predicted octanol–water partition coefficient (Wildman–Crippen LogP) is 1.45. The number of ether oxygens (including phenoxy) is 1. The van der Waals surface area contributed by atoms with Crippen molar-refractivity contribution in [3.8, 4) is 0 Å². The maximum Gasteiger partial charge on any atom is 0.227 e. The number of halogens is 1. The number of anilines is 1. The molecule has 0 saturated carbocycles. The van der Waals surface area contributed by atoms with Crippen LogP contribution in [0.3, 0.4) is 0 Å². The highest BCUT2D eigenvalue weighted by Crippen LogP contribution is 2.16. The third kappa shape index (κ3) is 3.51. The van der Waals surface area contributed by atoms with Crippen LogP contribution in [0.4, 0.5) is 10.1 Å². The Bertz CT molecular complexity index is 431. The molecule has 18 heavy (non-hydrogen) atoms. The Kier molecular flexibility index (Phi) is 4.28. The highest BCUT2D eigenvalue weighted by atomic mass is 19.1. The van der Waals surface area contributed by atoms with Crippen molar-refractivity contribution in [3.05, 3.63) is 29.6 Å². The van der Waals surface area contributed by atoms with Gasteiger partial charge in [0.05, 0.1) is 19.1 Å². The van der Waals surface area contributed by atoms with Crippen molar-refractivity contribution in [1.29, 1.82) is 0 Å². The molecule has 0 aromatic heterocycles. The van der Waals surface area contributed by atoms with Crippen molar-refractivity contribution in [3.63, 3.8) is 0 Å². The Morgan fingerprint density at radius 2 is 2.44 bits per heavy atom. The monoisotopic (exact) mass is 252 g/mol. The first kappa shape index (κ1) is 13.0. The number of hydrogen-bond donors (Lipinski definition) is 2. The fraction of sp³-hybridized carbons (Fsp3) is 0.462. The first-order valence-corrected chi connectivity index (χ1v) is 6.03. The van der Waals surface area contributed by atoms with Crippen LogP contribution in [0.1, 0.15) is 12.0 Å². The molecule has 1 amide bonds. The number of aryl methyl sites for hydroxylation is 1. The van der Waals surface area contributed by atoms with Gasteiger partial charge >= 0.3 is 0 Å². The average Bonchev–Trinajstić information content (AvgIpc) is 2.35. The van der Waals surface area contributed by atoms with E-state index in [9.17, 15) is 9.18 Å². The summed E-state index contributed by atoms with van der Waals surface area (Å²) in [4.78, 5) is 11.8. The molecule has 0 radical (unpaired) electrons. The van der Waals surface area contributed by atoms with E-state index in [1.807, 2.05) is 6.92 Å². The molecule has 1 aromatic rings. The molecule has 1 aliphatic heterocycles. The van der Waals surface area contributed by atoms with E-state index in [-0.39, 0.29) is 24.2 Å². The Morgan fingerprint density at radius 3 is 3.17 bits per heavy atom. The third-order valence-electron chi connectivity index (χ3n) is 2.89. The second-order valence-electron chi connectivity index (χ2n) is 4.41. The molecule has 0 spiro atoms. The molecular weight excluding hydrogens is 235 g/mol. The molecule has 2 rings (SSSR count). The van der Waals surface area contributed by atoms with E-state index >= 15 is 0 Å². The van der Waals surface area contributed by atoms with Gasteiger partial charge in [-0.3, -0.25) is 4.79 Å². The fourth-order valence-corrected chi connectivity index (χ4v) is 1.89. The number of morpholine rings is 1. The minimum absolute atomic E-state index is 0.104. The van der Waals surface area contributed by atoms with Crippen LogP contribution in [-0.4, -0.2) is 31.7 Å². The van der Waals surface area contributed by atoms with Crippen molar-refractivity contribution in [2.24, 2.45) is 0 Å². The van der Waals surface area contributed by atoms with Gasteiger partial charge in [-0.25, -0.2) is 4.39 Å². The lowest BCUT2D eigenvalue weighted by atomic mass is 10.1. The molecule has 1 saturated heterocycles. The minimum Gasteiger partial charge on any atom is -0.375 e. The van der Waals surface area contributed by atoms with Gasteiger partial charge in [0, 0.05) is 18.8 Å².